The van der Waals surface area contributed by atoms with E-state index in [2.05, 4.69) is 42.7 Å². The molecule has 0 amide bonds. The summed E-state index contributed by atoms with van der Waals surface area (Å²) < 4.78 is 8.09. The summed E-state index contributed by atoms with van der Waals surface area (Å²) in [5.74, 6) is 7.22. The van der Waals surface area contributed by atoms with Crippen LogP contribution in [0.5, 0.6) is 5.75 Å². The number of aliphatic hydroxyl groups excluding tert-OH is 1. The maximum atomic E-state index is 8.94. The lowest BCUT2D eigenvalue weighted by Crippen LogP contribution is -2.06. The molecule has 0 aliphatic carbocycles. The van der Waals surface area contributed by atoms with Crippen molar-refractivity contribution in [3.8, 4) is 17.6 Å². The Bertz CT molecular complexity index is 1080. The van der Waals surface area contributed by atoms with Crippen LogP contribution in [0.1, 0.15) is 35.2 Å². The maximum absolute atomic E-state index is 8.94. The van der Waals surface area contributed by atoms with Crippen LogP contribution >= 0.6 is 15.9 Å². The minimum atomic E-state index is 0.126. The molecule has 3 rings (SSSR count). The lowest BCUT2D eigenvalue weighted by Gasteiger charge is -2.13. The molecule has 3 aromatic heterocycles. The Kier molecular flexibility index (Phi) is 6.17. The molecule has 8 heteroatoms. The van der Waals surface area contributed by atoms with Crippen molar-refractivity contribution in [2.24, 2.45) is 0 Å². The summed E-state index contributed by atoms with van der Waals surface area (Å²) in [4.78, 5) is 13.1. The molecule has 0 aliphatic rings. The molecule has 0 aliphatic heterocycles. The number of hydrogen-bond donors (Lipinski definition) is 2. The predicted molar refractivity (Wildman–Crippen MR) is 112 cm³/mol. The largest absolute Gasteiger partial charge is 0.495 e. The number of pyridine rings is 1. The van der Waals surface area contributed by atoms with Crippen molar-refractivity contribution in [1.82, 2.24) is 19.5 Å². The lowest BCUT2D eigenvalue weighted by molar-refractivity contribution is 0.290. The van der Waals surface area contributed by atoms with E-state index in [-0.39, 0.29) is 12.6 Å². The van der Waals surface area contributed by atoms with Crippen LogP contribution in [0.3, 0.4) is 0 Å². The second-order valence-corrected chi connectivity index (χ2v) is 7.15. The highest BCUT2D eigenvalue weighted by Gasteiger charge is 2.16. The zero-order chi connectivity index (χ0) is 20.3. The number of nitrogens with two attached hydrogens (primary N) is 1. The molecule has 0 bridgehead atoms. The fraction of sp³-hybridized carbons (Fsp3) is 0.350. The minimum Gasteiger partial charge on any atom is -0.495 e. The average Bonchev–Trinajstić information content (AvgIpc) is 2.99. The molecule has 3 heterocycles. The number of ether oxygens (including phenoxy) is 1. The SMILES string of the molecule is COc1c(C)ncc(Cn2cc(C#CCCCO)c3c(Br)nc(N)nc32)c1C. The topological polar surface area (TPSA) is 99.1 Å². The highest BCUT2D eigenvalue weighted by atomic mass is 79.9. The van der Waals surface area contributed by atoms with E-state index in [1.165, 1.54) is 0 Å². The van der Waals surface area contributed by atoms with Gasteiger partial charge in [0.25, 0.3) is 0 Å². The van der Waals surface area contributed by atoms with Gasteiger partial charge in [0.2, 0.25) is 5.95 Å². The summed E-state index contributed by atoms with van der Waals surface area (Å²) in [5, 5.41) is 9.75. The Balaban J connectivity index is 2.10. The van der Waals surface area contributed by atoms with E-state index in [1.807, 2.05) is 30.8 Å². The van der Waals surface area contributed by atoms with Crippen molar-refractivity contribution in [3.05, 3.63) is 39.4 Å². The normalized spacial score (nSPS) is 10.8. The van der Waals surface area contributed by atoms with Crippen LogP contribution in [0.15, 0.2) is 17.0 Å². The molecule has 3 N–H and O–H groups in total. The Morgan fingerprint density at radius 1 is 1.32 bits per heavy atom. The van der Waals surface area contributed by atoms with Gasteiger partial charge in [-0.2, -0.15) is 4.98 Å². The summed E-state index contributed by atoms with van der Waals surface area (Å²) in [6.45, 7) is 4.61. The van der Waals surface area contributed by atoms with Crippen molar-refractivity contribution < 1.29 is 9.84 Å². The van der Waals surface area contributed by atoms with Crippen molar-refractivity contribution >= 4 is 32.9 Å². The van der Waals surface area contributed by atoms with Crippen molar-refractivity contribution in [1.29, 1.82) is 0 Å². The minimum absolute atomic E-state index is 0.126. The number of anilines is 1. The van der Waals surface area contributed by atoms with Crippen LogP contribution in [0, 0.1) is 25.7 Å². The van der Waals surface area contributed by atoms with E-state index in [9.17, 15) is 0 Å². The first kappa shape index (κ1) is 20.1. The van der Waals surface area contributed by atoms with E-state index < -0.39 is 0 Å². The molecule has 7 nitrogen and oxygen atoms in total. The Labute approximate surface area is 172 Å². The highest BCUT2D eigenvalue weighted by Crippen LogP contribution is 2.29. The summed E-state index contributed by atoms with van der Waals surface area (Å²) in [7, 11) is 1.65. The zero-order valence-electron chi connectivity index (χ0n) is 16.1. The van der Waals surface area contributed by atoms with E-state index in [1.54, 1.807) is 7.11 Å². The molecule has 0 radical (unpaired) electrons. The van der Waals surface area contributed by atoms with Crippen LogP contribution in [-0.4, -0.2) is 38.3 Å². The first-order valence-corrected chi connectivity index (χ1v) is 9.66. The van der Waals surface area contributed by atoms with Crippen LogP contribution in [0.25, 0.3) is 11.0 Å². The second kappa shape index (κ2) is 8.59. The summed E-state index contributed by atoms with van der Waals surface area (Å²) in [6.07, 6.45) is 5.06. The third-order valence-corrected chi connectivity index (χ3v) is 5.06. The van der Waals surface area contributed by atoms with Gasteiger partial charge in [0.1, 0.15) is 16.0 Å². The van der Waals surface area contributed by atoms with Gasteiger partial charge in [0.15, 0.2) is 0 Å². The summed E-state index contributed by atoms with van der Waals surface area (Å²) in [5.41, 5.74) is 10.3. The number of rotatable bonds is 5. The molecule has 146 valence electrons. The average molecular weight is 444 g/mol. The number of aliphatic hydroxyl groups is 1. The van der Waals surface area contributed by atoms with Crippen LogP contribution < -0.4 is 10.5 Å². The highest BCUT2D eigenvalue weighted by molar-refractivity contribution is 9.10. The number of methoxy groups -OCH3 is 1. The monoisotopic (exact) mass is 443 g/mol. The molecule has 0 fully saturated rings. The number of hydrogen-bond acceptors (Lipinski definition) is 6. The second-order valence-electron chi connectivity index (χ2n) is 6.40. The third-order valence-electron chi connectivity index (χ3n) is 4.48. The first-order chi connectivity index (χ1) is 13.5. The third kappa shape index (κ3) is 3.96. The van der Waals surface area contributed by atoms with Gasteiger partial charge in [-0.1, -0.05) is 11.8 Å². The van der Waals surface area contributed by atoms with Crippen LogP contribution in [0.4, 0.5) is 5.95 Å². The number of halogens is 1. The van der Waals surface area contributed by atoms with Gasteiger partial charge in [0, 0.05) is 25.4 Å². The van der Waals surface area contributed by atoms with Crippen LogP contribution in [-0.2, 0) is 6.54 Å². The van der Waals surface area contributed by atoms with Crippen molar-refractivity contribution in [2.45, 2.75) is 33.2 Å². The van der Waals surface area contributed by atoms with Gasteiger partial charge in [-0.05, 0) is 47.3 Å². The van der Waals surface area contributed by atoms with Gasteiger partial charge < -0.3 is 20.1 Å². The molecule has 0 saturated carbocycles. The van der Waals surface area contributed by atoms with Gasteiger partial charge in [-0.15, -0.1) is 0 Å². The molecular formula is C20H22BrN5O2. The van der Waals surface area contributed by atoms with E-state index in [0.29, 0.717) is 29.6 Å². The van der Waals surface area contributed by atoms with Crippen molar-refractivity contribution in [2.75, 3.05) is 19.5 Å². The predicted octanol–water partition coefficient (Wildman–Crippen LogP) is 2.97. The fourth-order valence-corrected chi connectivity index (χ4v) is 3.66. The van der Waals surface area contributed by atoms with E-state index in [0.717, 1.165) is 33.5 Å². The van der Waals surface area contributed by atoms with Gasteiger partial charge in [0.05, 0.1) is 30.3 Å². The molecule has 0 atom stereocenters. The molecule has 28 heavy (non-hydrogen) atoms. The lowest BCUT2D eigenvalue weighted by atomic mass is 10.1. The Hall–Kier alpha value is -2.63. The smallest absolute Gasteiger partial charge is 0.223 e. The van der Waals surface area contributed by atoms with E-state index in [4.69, 9.17) is 15.6 Å². The van der Waals surface area contributed by atoms with E-state index >= 15 is 0 Å². The van der Waals surface area contributed by atoms with Crippen LogP contribution in [0.2, 0.25) is 0 Å². The number of nitrogens with zero attached hydrogens (tertiary/aromatic N) is 4. The zero-order valence-corrected chi connectivity index (χ0v) is 17.7. The summed E-state index contributed by atoms with van der Waals surface area (Å²) >= 11 is 3.48. The molecule has 0 spiro atoms. The Morgan fingerprint density at radius 2 is 2.11 bits per heavy atom. The first-order valence-electron chi connectivity index (χ1n) is 8.86. The molecule has 0 saturated heterocycles. The standard InChI is InChI=1S/C20H22BrN5O2/c1-12-15(9-23-13(2)17(12)28-3)11-26-10-14(7-5-4-6-8-27)16-18(21)24-20(22)25-19(16)26/h9-10,27H,4,6,8,11H2,1-3H3,(H2,22,24,25). The maximum Gasteiger partial charge on any atom is 0.223 e. The van der Waals surface area contributed by atoms with Gasteiger partial charge in [-0.25, -0.2) is 4.98 Å². The summed E-state index contributed by atoms with van der Waals surface area (Å²) in [6, 6.07) is 0. The molecule has 0 unspecified atom stereocenters. The van der Waals surface area contributed by atoms with Crippen molar-refractivity contribution in [3.63, 3.8) is 0 Å². The number of fused-ring (bicyclic) bond motifs is 1. The fourth-order valence-electron chi connectivity index (χ4n) is 3.09. The number of aromatic nitrogens is 4. The number of unbranched alkanes of at least 4 members (excludes halogenated alkanes) is 1. The molecule has 3 aromatic rings. The number of aryl methyl sites for hydroxylation is 1. The quantitative estimate of drug-likeness (QED) is 0.357. The number of nitrogen functional groups attached to an aromatic ring is 1. The van der Waals surface area contributed by atoms with Gasteiger partial charge in [-0.3, -0.25) is 4.98 Å². The van der Waals surface area contributed by atoms with Gasteiger partial charge >= 0.3 is 0 Å². The molecule has 0 aromatic carbocycles. The Morgan fingerprint density at radius 3 is 2.82 bits per heavy atom. The molecular weight excluding hydrogens is 422 g/mol.